The van der Waals surface area contributed by atoms with Crippen molar-refractivity contribution in [3.8, 4) is 0 Å². The Labute approximate surface area is 170 Å². The molecular formula is C22H26N4O3. The third-order valence-corrected chi connectivity index (χ3v) is 5.81. The van der Waals surface area contributed by atoms with E-state index in [1.54, 1.807) is 6.20 Å². The Bertz CT molecular complexity index is 967. The maximum absolute atomic E-state index is 13.6. The minimum absolute atomic E-state index is 0.0961. The molecule has 1 aliphatic carbocycles. The fourth-order valence-corrected chi connectivity index (χ4v) is 4.08. The van der Waals surface area contributed by atoms with Crippen LogP contribution in [0.25, 0.3) is 0 Å². The Morgan fingerprint density at radius 1 is 1.07 bits per heavy atom. The highest BCUT2D eigenvalue weighted by atomic mass is 16.5. The van der Waals surface area contributed by atoms with Gasteiger partial charge in [0.25, 0.3) is 5.91 Å². The molecule has 29 heavy (non-hydrogen) atoms. The molecule has 0 aromatic carbocycles. The van der Waals surface area contributed by atoms with E-state index in [2.05, 4.69) is 15.3 Å². The zero-order chi connectivity index (χ0) is 20.4. The molecular weight excluding hydrogens is 368 g/mol. The fraction of sp³-hybridized carbons (Fsp3) is 0.455. The van der Waals surface area contributed by atoms with Gasteiger partial charge >= 0.3 is 0 Å². The van der Waals surface area contributed by atoms with Crippen molar-refractivity contribution in [1.82, 2.24) is 20.2 Å². The van der Waals surface area contributed by atoms with Crippen LogP contribution in [0.2, 0.25) is 0 Å². The molecule has 7 heteroatoms. The summed E-state index contributed by atoms with van der Waals surface area (Å²) in [6.45, 7) is 6.10. The Morgan fingerprint density at radius 2 is 1.79 bits per heavy atom. The monoisotopic (exact) mass is 394 g/mol. The number of pyridine rings is 1. The largest absolute Gasteiger partial charge is 0.361 e. The van der Waals surface area contributed by atoms with E-state index in [4.69, 9.17) is 9.05 Å². The van der Waals surface area contributed by atoms with Crippen LogP contribution in [0.1, 0.15) is 70.2 Å². The molecule has 0 aliphatic heterocycles. The third-order valence-electron chi connectivity index (χ3n) is 5.81. The number of aromatic nitrogens is 3. The number of carbonyl (C=O) groups excluding carboxylic acids is 1. The van der Waals surface area contributed by atoms with Crippen molar-refractivity contribution >= 4 is 5.91 Å². The van der Waals surface area contributed by atoms with Crippen molar-refractivity contribution in [2.75, 3.05) is 0 Å². The van der Waals surface area contributed by atoms with Gasteiger partial charge in [-0.1, -0.05) is 29.2 Å². The predicted molar refractivity (Wildman–Crippen MR) is 106 cm³/mol. The van der Waals surface area contributed by atoms with Crippen LogP contribution in [0.5, 0.6) is 0 Å². The van der Waals surface area contributed by atoms with Crippen molar-refractivity contribution in [2.24, 2.45) is 0 Å². The first kappa shape index (κ1) is 19.4. The minimum Gasteiger partial charge on any atom is -0.361 e. The highest BCUT2D eigenvalue weighted by molar-refractivity contribution is 5.94. The maximum atomic E-state index is 13.6. The predicted octanol–water partition coefficient (Wildman–Crippen LogP) is 4.16. The van der Waals surface area contributed by atoms with Crippen LogP contribution in [-0.4, -0.2) is 32.1 Å². The quantitative estimate of drug-likeness (QED) is 0.624. The van der Waals surface area contributed by atoms with Crippen LogP contribution < -0.4 is 0 Å². The van der Waals surface area contributed by atoms with Gasteiger partial charge in [0.1, 0.15) is 11.5 Å². The highest BCUT2D eigenvalue weighted by Crippen LogP contribution is 2.29. The summed E-state index contributed by atoms with van der Waals surface area (Å²) in [5.41, 5.74) is 3.85. The Hall–Kier alpha value is -2.96. The second kappa shape index (κ2) is 8.19. The van der Waals surface area contributed by atoms with Gasteiger partial charge in [-0.15, -0.1) is 0 Å². The molecule has 1 aliphatic rings. The van der Waals surface area contributed by atoms with Crippen molar-refractivity contribution in [3.63, 3.8) is 0 Å². The first-order valence-electron chi connectivity index (χ1n) is 10.1. The molecule has 7 nitrogen and oxygen atoms in total. The number of amides is 1. The van der Waals surface area contributed by atoms with E-state index in [-0.39, 0.29) is 11.9 Å². The van der Waals surface area contributed by atoms with Gasteiger partial charge in [-0.3, -0.25) is 9.78 Å². The lowest BCUT2D eigenvalue weighted by atomic mass is 10.0. The molecule has 0 saturated heterocycles. The van der Waals surface area contributed by atoms with E-state index in [0.717, 1.165) is 54.0 Å². The van der Waals surface area contributed by atoms with E-state index in [1.165, 1.54) is 0 Å². The minimum atomic E-state index is -0.0961. The SMILES string of the molecule is Cc1noc(C)c1Cc1c(C(=O)N(Cc2ccccn2)C2CCCC2)noc1C. The lowest BCUT2D eigenvalue weighted by Gasteiger charge is -2.28. The van der Waals surface area contributed by atoms with Crippen LogP contribution in [0.3, 0.4) is 0 Å². The fourth-order valence-electron chi connectivity index (χ4n) is 4.08. The van der Waals surface area contributed by atoms with Gasteiger partial charge in [-0.05, 0) is 45.7 Å². The molecule has 3 aromatic heterocycles. The normalized spacial score (nSPS) is 14.4. The molecule has 0 bridgehead atoms. The lowest BCUT2D eigenvalue weighted by Crippen LogP contribution is -2.39. The highest BCUT2D eigenvalue weighted by Gasteiger charge is 2.32. The van der Waals surface area contributed by atoms with E-state index in [1.807, 2.05) is 43.9 Å². The third kappa shape index (κ3) is 3.95. The molecule has 1 amide bonds. The van der Waals surface area contributed by atoms with Crippen LogP contribution in [-0.2, 0) is 13.0 Å². The number of carbonyl (C=O) groups is 1. The van der Waals surface area contributed by atoms with Gasteiger partial charge < -0.3 is 13.9 Å². The first-order chi connectivity index (χ1) is 14.0. The van der Waals surface area contributed by atoms with Gasteiger partial charge in [0, 0.05) is 29.8 Å². The van der Waals surface area contributed by atoms with E-state index in [0.29, 0.717) is 24.4 Å². The summed E-state index contributed by atoms with van der Waals surface area (Å²) in [5.74, 6) is 1.31. The lowest BCUT2D eigenvalue weighted by molar-refractivity contribution is 0.0650. The average Bonchev–Trinajstić information content (AvgIpc) is 3.45. The summed E-state index contributed by atoms with van der Waals surface area (Å²) in [4.78, 5) is 19.9. The molecule has 152 valence electrons. The number of aryl methyl sites for hydroxylation is 3. The molecule has 0 radical (unpaired) electrons. The maximum Gasteiger partial charge on any atom is 0.276 e. The first-order valence-corrected chi connectivity index (χ1v) is 10.1. The van der Waals surface area contributed by atoms with Gasteiger partial charge in [0.15, 0.2) is 5.69 Å². The summed E-state index contributed by atoms with van der Waals surface area (Å²) in [7, 11) is 0. The second-order valence-corrected chi connectivity index (χ2v) is 7.74. The molecule has 3 aromatic rings. The van der Waals surface area contributed by atoms with E-state index in [9.17, 15) is 4.79 Å². The van der Waals surface area contributed by atoms with E-state index >= 15 is 0 Å². The molecule has 1 saturated carbocycles. The van der Waals surface area contributed by atoms with Gasteiger partial charge in [-0.2, -0.15) is 0 Å². The van der Waals surface area contributed by atoms with Gasteiger partial charge in [0.2, 0.25) is 0 Å². The number of rotatable bonds is 6. The molecule has 0 atom stereocenters. The Balaban J connectivity index is 1.66. The van der Waals surface area contributed by atoms with Crippen molar-refractivity contribution < 1.29 is 13.8 Å². The van der Waals surface area contributed by atoms with Gasteiger partial charge in [-0.25, -0.2) is 0 Å². The second-order valence-electron chi connectivity index (χ2n) is 7.74. The van der Waals surface area contributed by atoms with Crippen molar-refractivity contribution in [3.05, 3.63) is 64.1 Å². The summed E-state index contributed by atoms with van der Waals surface area (Å²) in [6, 6.07) is 5.98. The van der Waals surface area contributed by atoms with Crippen molar-refractivity contribution in [2.45, 2.75) is 65.5 Å². The van der Waals surface area contributed by atoms with Crippen LogP contribution >= 0.6 is 0 Å². The molecule has 0 spiro atoms. The zero-order valence-corrected chi connectivity index (χ0v) is 17.1. The van der Waals surface area contributed by atoms with Gasteiger partial charge in [0.05, 0.1) is 17.9 Å². The summed E-state index contributed by atoms with van der Waals surface area (Å²) < 4.78 is 10.7. The molecule has 3 heterocycles. The zero-order valence-electron chi connectivity index (χ0n) is 17.1. The van der Waals surface area contributed by atoms with Crippen molar-refractivity contribution in [1.29, 1.82) is 0 Å². The van der Waals surface area contributed by atoms with Crippen LogP contribution in [0.4, 0.5) is 0 Å². The Morgan fingerprint density at radius 3 is 2.45 bits per heavy atom. The summed E-state index contributed by atoms with van der Waals surface area (Å²) >= 11 is 0. The summed E-state index contributed by atoms with van der Waals surface area (Å²) in [5, 5.41) is 8.18. The molecule has 4 rings (SSSR count). The molecule has 0 N–H and O–H groups in total. The van der Waals surface area contributed by atoms with E-state index < -0.39 is 0 Å². The topological polar surface area (TPSA) is 85.3 Å². The number of nitrogens with zero attached hydrogens (tertiary/aromatic N) is 4. The van der Waals surface area contributed by atoms with Crippen LogP contribution in [0.15, 0.2) is 33.4 Å². The standard InChI is InChI=1S/C22H26N4O3/c1-14-19(15(2)28-24-14)12-20-16(3)29-25-21(20)22(27)26(18-9-4-5-10-18)13-17-8-6-7-11-23-17/h6-8,11,18H,4-5,9-10,12-13H2,1-3H3. The Kier molecular flexibility index (Phi) is 5.47. The summed E-state index contributed by atoms with van der Waals surface area (Å²) in [6.07, 6.45) is 6.57. The van der Waals surface area contributed by atoms with Crippen LogP contribution in [0, 0.1) is 20.8 Å². The molecule has 0 unspecified atom stereocenters. The number of hydrogen-bond donors (Lipinski definition) is 0. The molecule has 1 fully saturated rings. The average molecular weight is 394 g/mol. The number of hydrogen-bond acceptors (Lipinski definition) is 6. The smallest absolute Gasteiger partial charge is 0.276 e.